The molecule has 20 heavy (non-hydrogen) atoms. The number of aromatic carboxylic acids is 1. The van der Waals surface area contributed by atoms with Crippen LogP contribution in [0.4, 0.5) is 0 Å². The third kappa shape index (κ3) is 2.56. The number of halogens is 1. The maximum Gasteiger partial charge on any atom is 0.336 e. The zero-order valence-electron chi connectivity index (χ0n) is 11.0. The second kappa shape index (κ2) is 5.84. The van der Waals surface area contributed by atoms with Gasteiger partial charge in [-0.05, 0) is 24.3 Å². The van der Waals surface area contributed by atoms with E-state index >= 15 is 0 Å². The molecular weight excluding hydrogens is 280 g/mol. The summed E-state index contributed by atoms with van der Waals surface area (Å²) in [5.74, 6) is 0.0128. The van der Waals surface area contributed by atoms with Crippen LogP contribution < -0.4 is 9.47 Å². The highest BCUT2D eigenvalue weighted by atomic mass is 35.5. The molecule has 0 aliphatic heterocycles. The van der Waals surface area contributed by atoms with Crippen LogP contribution in [0.2, 0.25) is 5.02 Å². The fourth-order valence-corrected chi connectivity index (χ4v) is 2.20. The maximum atomic E-state index is 11.4. The Hall–Kier alpha value is -2.20. The zero-order chi connectivity index (χ0) is 14.7. The molecule has 0 radical (unpaired) electrons. The van der Waals surface area contributed by atoms with Crippen molar-refractivity contribution in [3.8, 4) is 22.6 Å². The number of hydrogen-bond donors (Lipinski definition) is 1. The van der Waals surface area contributed by atoms with E-state index in [1.807, 2.05) is 0 Å². The summed E-state index contributed by atoms with van der Waals surface area (Å²) < 4.78 is 10.6. The van der Waals surface area contributed by atoms with Crippen molar-refractivity contribution in [2.45, 2.75) is 0 Å². The first-order chi connectivity index (χ1) is 9.58. The smallest absolute Gasteiger partial charge is 0.336 e. The minimum Gasteiger partial charge on any atom is -0.496 e. The Balaban J connectivity index is 2.77. The summed E-state index contributed by atoms with van der Waals surface area (Å²) in [4.78, 5) is 11.4. The van der Waals surface area contributed by atoms with Gasteiger partial charge in [0.05, 0.1) is 25.3 Å². The SMILES string of the molecule is COc1cccc(OC)c1-c1ccc(Cl)cc1C(=O)O. The van der Waals surface area contributed by atoms with E-state index in [0.717, 1.165) is 0 Å². The zero-order valence-corrected chi connectivity index (χ0v) is 11.8. The van der Waals surface area contributed by atoms with Gasteiger partial charge in [-0.25, -0.2) is 4.79 Å². The van der Waals surface area contributed by atoms with E-state index in [1.165, 1.54) is 20.3 Å². The second-order valence-electron chi connectivity index (χ2n) is 4.03. The number of hydrogen-bond acceptors (Lipinski definition) is 3. The average Bonchev–Trinajstić information content (AvgIpc) is 2.46. The molecule has 5 heteroatoms. The normalized spacial score (nSPS) is 10.2. The largest absolute Gasteiger partial charge is 0.496 e. The van der Waals surface area contributed by atoms with Crippen LogP contribution in [0, 0.1) is 0 Å². The van der Waals surface area contributed by atoms with Crippen LogP contribution in [0.25, 0.3) is 11.1 Å². The van der Waals surface area contributed by atoms with E-state index in [0.29, 0.717) is 27.6 Å². The van der Waals surface area contributed by atoms with E-state index in [-0.39, 0.29) is 5.56 Å². The number of methoxy groups -OCH3 is 2. The van der Waals surface area contributed by atoms with Crippen molar-refractivity contribution in [1.29, 1.82) is 0 Å². The van der Waals surface area contributed by atoms with Gasteiger partial charge >= 0.3 is 5.97 Å². The van der Waals surface area contributed by atoms with Crippen molar-refractivity contribution in [1.82, 2.24) is 0 Å². The number of carboxylic acids is 1. The Kier molecular flexibility index (Phi) is 4.15. The monoisotopic (exact) mass is 292 g/mol. The molecule has 1 N–H and O–H groups in total. The van der Waals surface area contributed by atoms with Gasteiger partial charge < -0.3 is 14.6 Å². The highest BCUT2D eigenvalue weighted by Crippen LogP contribution is 2.40. The molecule has 0 atom stereocenters. The minimum atomic E-state index is -1.06. The highest BCUT2D eigenvalue weighted by Gasteiger charge is 2.19. The van der Waals surface area contributed by atoms with Crippen molar-refractivity contribution < 1.29 is 19.4 Å². The van der Waals surface area contributed by atoms with Crippen molar-refractivity contribution in [3.63, 3.8) is 0 Å². The lowest BCUT2D eigenvalue weighted by Crippen LogP contribution is -2.02. The highest BCUT2D eigenvalue weighted by molar-refractivity contribution is 6.31. The second-order valence-corrected chi connectivity index (χ2v) is 4.47. The topological polar surface area (TPSA) is 55.8 Å². The van der Waals surface area contributed by atoms with Gasteiger partial charge in [-0.3, -0.25) is 0 Å². The quantitative estimate of drug-likeness (QED) is 0.933. The summed E-state index contributed by atoms with van der Waals surface area (Å²) in [5, 5.41) is 9.70. The molecule has 0 heterocycles. The molecule has 0 aliphatic rings. The number of carbonyl (C=O) groups is 1. The van der Waals surface area contributed by atoms with Gasteiger partial charge in [-0.2, -0.15) is 0 Å². The van der Waals surface area contributed by atoms with Gasteiger partial charge in [0.1, 0.15) is 11.5 Å². The first-order valence-electron chi connectivity index (χ1n) is 5.82. The molecule has 2 aromatic rings. The Morgan fingerprint density at radius 3 is 2.20 bits per heavy atom. The van der Waals surface area contributed by atoms with Gasteiger partial charge in [-0.15, -0.1) is 0 Å². The third-order valence-corrected chi connectivity index (χ3v) is 3.14. The fourth-order valence-electron chi connectivity index (χ4n) is 2.03. The molecule has 0 aromatic heterocycles. The predicted octanol–water partition coefficient (Wildman–Crippen LogP) is 3.72. The lowest BCUT2D eigenvalue weighted by atomic mass is 9.98. The average molecular weight is 293 g/mol. The molecule has 2 rings (SSSR count). The van der Waals surface area contributed by atoms with Crippen molar-refractivity contribution in [3.05, 3.63) is 47.0 Å². The Morgan fingerprint density at radius 1 is 1.10 bits per heavy atom. The van der Waals surface area contributed by atoms with E-state index in [9.17, 15) is 9.90 Å². The van der Waals surface area contributed by atoms with Crippen LogP contribution >= 0.6 is 11.6 Å². The maximum absolute atomic E-state index is 11.4. The summed E-state index contributed by atoms with van der Waals surface area (Å²) in [6.07, 6.45) is 0. The van der Waals surface area contributed by atoms with Gasteiger partial charge in [0.15, 0.2) is 0 Å². The Bertz CT molecular complexity index is 630. The summed E-state index contributed by atoms with van der Waals surface area (Å²) >= 11 is 5.87. The molecule has 0 aliphatic carbocycles. The predicted molar refractivity (Wildman–Crippen MR) is 77.0 cm³/mol. The van der Waals surface area contributed by atoms with E-state index < -0.39 is 5.97 Å². The van der Waals surface area contributed by atoms with Crippen LogP contribution in [-0.4, -0.2) is 25.3 Å². The van der Waals surface area contributed by atoms with Gasteiger partial charge in [0.2, 0.25) is 0 Å². The molecule has 0 saturated heterocycles. The number of carboxylic acid groups (broad SMARTS) is 1. The van der Waals surface area contributed by atoms with Crippen molar-refractivity contribution in [2.75, 3.05) is 14.2 Å². The fraction of sp³-hybridized carbons (Fsp3) is 0.133. The number of ether oxygens (including phenoxy) is 2. The molecule has 104 valence electrons. The summed E-state index contributed by atoms with van der Waals surface area (Å²) in [6.45, 7) is 0. The first-order valence-corrected chi connectivity index (χ1v) is 6.20. The number of rotatable bonds is 4. The summed E-state index contributed by atoms with van der Waals surface area (Å²) in [6, 6.07) is 9.96. The van der Waals surface area contributed by atoms with Gasteiger partial charge in [0, 0.05) is 10.6 Å². The van der Waals surface area contributed by atoms with Crippen LogP contribution in [0.1, 0.15) is 10.4 Å². The van der Waals surface area contributed by atoms with Crippen LogP contribution in [-0.2, 0) is 0 Å². The van der Waals surface area contributed by atoms with E-state index in [1.54, 1.807) is 30.3 Å². The Labute approximate surface area is 121 Å². The number of benzene rings is 2. The first kappa shape index (κ1) is 14.2. The van der Waals surface area contributed by atoms with Gasteiger partial charge in [0.25, 0.3) is 0 Å². The van der Waals surface area contributed by atoms with E-state index in [2.05, 4.69) is 0 Å². The molecule has 2 aromatic carbocycles. The molecule has 0 bridgehead atoms. The lowest BCUT2D eigenvalue weighted by Gasteiger charge is -2.15. The molecular formula is C15H13ClO4. The molecule has 0 spiro atoms. The summed E-state index contributed by atoms with van der Waals surface area (Å²) in [7, 11) is 3.04. The minimum absolute atomic E-state index is 0.0975. The van der Waals surface area contributed by atoms with Crippen LogP contribution in [0.15, 0.2) is 36.4 Å². The molecule has 0 saturated carbocycles. The Morgan fingerprint density at radius 2 is 1.70 bits per heavy atom. The lowest BCUT2D eigenvalue weighted by molar-refractivity contribution is 0.0697. The van der Waals surface area contributed by atoms with E-state index in [4.69, 9.17) is 21.1 Å². The van der Waals surface area contributed by atoms with Crippen molar-refractivity contribution >= 4 is 17.6 Å². The van der Waals surface area contributed by atoms with Gasteiger partial charge in [-0.1, -0.05) is 23.7 Å². The van der Waals surface area contributed by atoms with Crippen LogP contribution in [0.5, 0.6) is 11.5 Å². The van der Waals surface area contributed by atoms with Crippen LogP contribution in [0.3, 0.4) is 0 Å². The summed E-state index contributed by atoms with van der Waals surface area (Å²) in [5.41, 5.74) is 1.18. The third-order valence-electron chi connectivity index (χ3n) is 2.91. The standard InChI is InChI=1S/C15H13ClO4/c1-19-12-4-3-5-13(20-2)14(12)10-7-6-9(16)8-11(10)15(17)18/h3-8H,1-2H3,(H,17,18). The molecule has 0 unspecified atom stereocenters. The van der Waals surface area contributed by atoms with Crippen molar-refractivity contribution in [2.24, 2.45) is 0 Å². The molecule has 0 amide bonds. The molecule has 0 fully saturated rings. The molecule has 4 nitrogen and oxygen atoms in total.